The molecule has 0 aliphatic carbocycles. The van der Waals surface area contributed by atoms with Gasteiger partial charge in [-0.2, -0.15) is 0 Å². The second kappa shape index (κ2) is 7.54. The highest BCUT2D eigenvalue weighted by molar-refractivity contribution is 6.04. The van der Waals surface area contributed by atoms with E-state index in [0.717, 1.165) is 24.8 Å². The van der Waals surface area contributed by atoms with Crippen molar-refractivity contribution in [1.29, 1.82) is 0 Å². The van der Waals surface area contributed by atoms with Crippen molar-refractivity contribution in [3.8, 4) is 0 Å². The maximum absolute atomic E-state index is 12.3. The standard InChI is InChI=1S/C18H20N2O3/c1-3-4-5-14-7-9-15(10-8-14)18(21)19-17-12-16(20(22)23)11-6-13(17)2/h6-12H,3-5H2,1-2H3,(H,19,21). The first-order valence-electron chi connectivity index (χ1n) is 7.66. The number of nitrogens with zero attached hydrogens (tertiary/aromatic N) is 1. The lowest BCUT2D eigenvalue weighted by molar-refractivity contribution is -0.384. The van der Waals surface area contributed by atoms with E-state index in [0.29, 0.717) is 11.3 Å². The van der Waals surface area contributed by atoms with Crippen LogP contribution in [0, 0.1) is 17.0 Å². The van der Waals surface area contributed by atoms with Gasteiger partial charge >= 0.3 is 0 Å². The molecule has 0 saturated carbocycles. The van der Waals surface area contributed by atoms with Crippen LogP contribution in [0.3, 0.4) is 0 Å². The molecule has 1 N–H and O–H groups in total. The lowest BCUT2D eigenvalue weighted by atomic mass is 10.1. The molecule has 1 amide bonds. The normalized spacial score (nSPS) is 10.3. The number of carbonyl (C=O) groups is 1. The van der Waals surface area contributed by atoms with Crippen LogP contribution in [0.5, 0.6) is 0 Å². The van der Waals surface area contributed by atoms with Crippen molar-refractivity contribution < 1.29 is 9.72 Å². The number of amides is 1. The largest absolute Gasteiger partial charge is 0.321 e. The number of non-ortho nitro benzene ring substituents is 1. The Balaban J connectivity index is 2.12. The zero-order valence-electron chi connectivity index (χ0n) is 13.3. The number of nitro benzene ring substituents is 1. The van der Waals surface area contributed by atoms with E-state index in [9.17, 15) is 14.9 Å². The van der Waals surface area contributed by atoms with Crippen molar-refractivity contribution in [3.05, 3.63) is 69.3 Å². The Morgan fingerprint density at radius 2 is 1.87 bits per heavy atom. The molecule has 0 heterocycles. The minimum Gasteiger partial charge on any atom is -0.321 e. The van der Waals surface area contributed by atoms with E-state index >= 15 is 0 Å². The lowest BCUT2D eigenvalue weighted by Crippen LogP contribution is -2.13. The maximum Gasteiger partial charge on any atom is 0.271 e. The summed E-state index contributed by atoms with van der Waals surface area (Å²) in [7, 11) is 0. The molecule has 0 fully saturated rings. The van der Waals surface area contributed by atoms with Gasteiger partial charge in [0.25, 0.3) is 11.6 Å². The summed E-state index contributed by atoms with van der Waals surface area (Å²) >= 11 is 0. The van der Waals surface area contributed by atoms with Crippen LogP contribution in [0.15, 0.2) is 42.5 Å². The van der Waals surface area contributed by atoms with Gasteiger partial charge in [-0.1, -0.05) is 31.5 Å². The number of nitrogens with one attached hydrogen (secondary N) is 1. The van der Waals surface area contributed by atoms with Crippen LogP contribution in [0.4, 0.5) is 11.4 Å². The summed E-state index contributed by atoms with van der Waals surface area (Å²) in [4.78, 5) is 22.7. The number of hydrogen-bond donors (Lipinski definition) is 1. The van der Waals surface area contributed by atoms with Gasteiger partial charge in [-0.3, -0.25) is 14.9 Å². The van der Waals surface area contributed by atoms with Crippen molar-refractivity contribution in [1.82, 2.24) is 0 Å². The van der Waals surface area contributed by atoms with Crippen LogP contribution < -0.4 is 5.32 Å². The van der Waals surface area contributed by atoms with Crippen LogP contribution >= 0.6 is 0 Å². The maximum atomic E-state index is 12.3. The highest BCUT2D eigenvalue weighted by atomic mass is 16.6. The van der Waals surface area contributed by atoms with Gasteiger partial charge in [0.05, 0.1) is 10.6 Å². The van der Waals surface area contributed by atoms with Crippen molar-refractivity contribution in [3.63, 3.8) is 0 Å². The first-order chi connectivity index (χ1) is 11.0. The Bertz CT molecular complexity index is 709. The molecular weight excluding hydrogens is 292 g/mol. The number of unbranched alkanes of at least 4 members (excludes halogenated alkanes) is 1. The van der Waals surface area contributed by atoms with Crippen LogP contribution in [0.2, 0.25) is 0 Å². The number of carbonyl (C=O) groups excluding carboxylic acids is 1. The van der Waals surface area contributed by atoms with Gasteiger partial charge in [-0.05, 0) is 43.0 Å². The molecule has 0 saturated heterocycles. The molecule has 0 unspecified atom stereocenters. The second-order valence-corrected chi connectivity index (χ2v) is 5.51. The average molecular weight is 312 g/mol. The average Bonchev–Trinajstić information content (AvgIpc) is 2.55. The zero-order chi connectivity index (χ0) is 16.8. The van der Waals surface area contributed by atoms with Crippen LogP contribution in [-0.4, -0.2) is 10.8 Å². The summed E-state index contributed by atoms with van der Waals surface area (Å²) in [6.45, 7) is 3.94. The van der Waals surface area contributed by atoms with Crippen molar-refractivity contribution in [2.24, 2.45) is 0 Å². The van der Waals surface area contributed by atoms with E-state index in [1.807, 2.05) is 12.1 Å². The molecule has 5 nitrogen and oxygen atoms in total. The molecule has 0 aliphatic rings. The van der Waals surface area contributed by atoms with Gasteiger partial charge in [-0.15, -0.1) is 0 Å². The molecule has 0 spiro atoms. The van der Waals surface area contributed by atoms with Crippen LogP contribution in [0.25, 0.3) is 0 Å². The van der Waals surface area contributed by atoms with Crippen LogP contribution in [0.1, 0.15) is 41.3 Å². The molecule has 5 heteroatoms. The topological polar surface area (TPSA) is 72.2 Å². The van der Waals surface area contributed by atoms with Gasteiger partial charge in [0.15, 0.2) is 0 Å². The quantitative estimate of drug-likeness (QED) is 0.630. The predicted octanol–water partition coefficient (Wildman–Crippen LogP) is 4.50. The Morgan fingerprint density at radius 1 is 1.17 bits per heavy atom. The minimum atomic E-state index is -0.475. The van der Waals surface area contributed by atoms with Crippen molar-refractivity contribution >= 4 is 17.3 Å². The molecular formula is C18H20N2O3. The fourth-order valence-electron chi connectivity index (χ4n) is 2.26. The van der Waals surface area contributed by atoms with Crippen LogP contribution in [-0.2, 0) is 6.42 Å². The molecule has 2 rings (SSSR count). The summed E-state index contributed by atoms with van der Waals surface area (Å²) in [5.41, 5.74) is 2.94. The third-order valence-electron chi connectivity index (χ3n) is 3.72. The van der Waals surface area contributed by atoms with Gasteiger partial charge in [-0.25, -0.2) is 0 Å². The Kier molecular flexibility index (Phi) is 5.46. The van der Waals surface area contributed by atoms with Crippen molar-refractivity contribution in [2.45, 2.75) is 33.1 Å². The highest BCUT2D eigenvalue weighted by Crippen LogP contribution is 2.22. The number of aryl methyl sites for hydroxylation is 2. The fourth-order valence-corrected chi connectivity index (χ4v) is 2.26. The molecule has 0 atom stereocenters. The molecule has 0 aliphatic heterocycles. The molecule has 2 aromatic carbocycles. The number of rotatable bonds is 6. The number of anilines is 1. The predicted molar refractivity (Wildman–Crippen MR) is 90.8 cm³/mol. The second-order valence-electron chi connectivity index (χ2n) is 5.51. The molecule has 0 bridgehead atoms. The summed E-state index contributed by atoms with van der Waals surface area (Å²) < 4.78 is 0. The summed E-state index contributed by atoms with van der Waals surface area (Å²) in [6, 6.07) is 11.9. The summed E-state index contributed by atoms with van der Waals surface area (Å²) in [6.07, 6.45) is 3.26. The molecule has 2 aromatic rings. The first-order valence-corrected chi connectivity index (χ1v) is 7.66. The summed E-state index contributed by atoms with van der Waals surface area (Å²) in [5.74, 6) is -0.268. The molecule has 0 aromatic heterocycles. The summed E-state index contributed by atoms with van der Waals surface area (Å²) in [5, 5.41) is 13.6. The van der Waals surface area contributed by atoms with Crippen molar-refractivity contribution in [2.75, 3.05) is 5.32 Å². The van der Waals surface area contributed by atoms with Gasteiger partial charge in [0, 0.05) is 17.7 Å². The third kappa shape index (κ3) is 4.39. The minimum absolute atomic E-state index is 0.0409. The number of benzene rings is 2. The lowest BCUT2D eigenvalue weighted by Gasteiger charge is -2.09. The van der Waals surface area contributed by atoms with Gasteiger partial charge < -0.3 is 5.32 Å². The fraction of sp³-hybridized carbons (Fsp3) is 0.278. The van der Waals surface area contributed by atoms with E-state index in [1.165, 1.54) is 17.7 Å². The van der Waals surface area contributed by atoms with E-state index in [1.54, 1.807) is 25.1 Å². The number of nitro groups is 1. The molecule has 0 radical (unpaired) electrons. The number of hydrogen-bond acceptors (Lipinski definition) is 3. The Morgan fingerprint density at radius 3 is 2.48 bits per heavy atom. The zero-order valence-corrected chi connectivity index (χ0v) is 13.3. The molecule has 23 heavy (non-hydrogen) atoms. The van der Waals surface area contributed by atoms with Gasteiger partial charge in [0.2, 0.25) is 0 Å². The van der Waals surface area contributed by atoms with E-state index in [4.69, 9.17) is 0 Å². The smallest absolute Gasteiger partial charge is 0.271 e. The Labute approximate surface area is 135 Å². The van der Waals surface area contributed by atoms with Gasteiger partial charge in [0.1, 0.15) is 0 Å². The van der Waals surface area contributed by atoms with E-state index in [2.05, 4.69) is 12.2 Å². The monoisotopic (exact) mass is 312 g/mol. The Hall–Kier alpha value is -2.69. The molecule has 120 valence electrons. The van der Waals surface area contributed by atoms with E-state index in [-0.39, 0.29) is 11.6 Å². The van der Waals surface area contributed by atoms with E-state index < -0.39 is 4.92 Å². The first kappa shape index (κ1) is 16.7. The third-order valence-corrected chi connectivity index (χ3v) is 3.72. The highest BCUT2D eigenvalue weighted by Gasteiger charge is 2.12. The SMILES string of the molecule is CCCCc1ccc(C(=O)Nc2cc([N+](=O)[O-])ccc2C)cc1.